The Hall–Kier alpha value is -1.84. The van der Waals surface area contributed by atoms with E-state index in [1.165, 1.54) is 12.1 Å². The summed E-state index contributed by atoms with van der Waals surface area (Å²) in [5.74, 6) is -0.0207. The SMILES string of the molecule is CCOC(=O)Nc1nc2cc(S(=O)(=O)O)ccc2n1Cl. The fraction of sp³-hybridized carbons (Fsp3) is 0.200. The minimum Gasteiger partial charge on any atom is -0.450 e. The Kier molecular flexibility index (Phi) is 3.84. The first-order chi connectivity index (χ1) is 9.32. The average molecular weight is 320 g/mol. The standard InChI is InChI=1S/C10H10ClN3O5S/c1-2-19-10(15)13-9-12-7-5-6(20(16,17)18)3-4-8(7)14(9)11/h3-5H,2H2,1H3,(H,12,13,15)(H,16,17,18). The van der Waals surface area contributed by atoms with Crippen LogP contribution in [0.4, 0.5) is 10.7 Å². The van der Waals surface area contributed by atoms with Crippen LogP contribution < -0.4 is 5.32 Å². The molecule has 1 amide bonds. The Bertz CT molecular complexity index is 771. The van der Waals surface area contributed by atoms with Gasteiger partial charge in [0.25, 0.3) is 10.1 Å². The average Bonchev–Trinajstić information content (AvgIpc) is 2.65. The second-order valence-electron chi connectivity index (χ2n) is 3.69. The van der Waals surface area contributed by atoms with Crippen LogP contribution in [0, 0.1) is 0 Å². The van der Waals surface area contributed by atoms with Crippen LogP contribution in [-0.4, -0.2) is 34.7 Å². The van der Waals surface area contributed by atoms with Crippen LogP contribution in [-0.2, 0) is 14.9 Å². The summed E-state index contributed by atoms with van der Waals surface area (Å²) in [7, 11) is -4.33. The maximum atomic E-state index is 11.3. The third-order valence-corrected chi connectivity index (χ3v) is 3.55. The Morgan fingerprint density at radius 1 is 1.55 bits per heavy atom. The van der Waals surface area contributed by atoms with E-state index < -0.39 is 16.2 Å². The molecule has 1 aromatic heterocycles. The fourth-order valence-corrected chi connectivity index (χ4v) is 2.25. The zero-order valence-electron chi connectivity index (χ0n) is 10.2. The molecule has 0 aliphatic rings. The number of benzene rings is 1. The number of rotatable bonds is 3. The maximum Gasteiger partial charge on any atom is 0.413 e. The van der Waals surface area contributed by atoms with Gasteiger partial charge in [-0.05, 0) is 25.1 Å². The van der Waals surface area contributed by atoms with E-state index in [4.69, 9.17) is 16.3 Å². The van der Waals surface area contributed by atoms with Crippen molar-refractivity contribution in [3.63, 3.8) is 0 Å². The van der Waals surface area contributed by atoms with Crippen molar-refractivity contribution >= 4 is 45.0 Å². The van der Waals surface area contributed by atoms with Crippen molar-refractivity contribution in [2.75, 3.05) is 11.9 Å². The number of ether oxygens (including phenoxy) is 1. The Labute approximate surface area is 119 Å². The molecule has 0 bridgehead atoms. The summed E-state index contributed by atoms with van der Waals surface area (Å²) in [6.07, 6.45) is -0.736. The summed E-state index contributed by atoms with van der Waals surface area (Å²) < 4.78 is 36.7. The quantitative estimate of drug-likeness (QED) is 0.835. The molecule has 20 heavy (non-hydrogen) atoms. The van der Waals surface area contributed by atoms with Crippen molar-refractivity contribution in [3.8, 4) is 0 Å². The van der Waals surface area contributed by atoms with Crippen molar-refractivity contribution < 1.29 is 22.5 Å². The van der Waals surface area contributed by atoms with Gasteiger partial charge in [0.05, 0.1) is 22.5 Å². The molecule has 0 fully saturated rings. The highest BCUT2D eigenvalue weighted by molar-refractivity contribution is 7.85. The van der Waals surface area contributed by atoms with Crippen LogP contribution >= 0.6 is 11.8 Å². The summed E-state index contributed by atoms with van der Waals surface area (Å²) in [6.45, 7) is 1.82. The van der Waals surface area contributed by atoms with Gasteiger partial charge in [-0.2, -0.15) is 8.42 Å². The number of nitrogens with one attached hydrogen (secondary N) is 1. The number of halogens is 1. The van der Waals surface area contributed by atoms with E-state index in [0.29, 0.717) is 5.52 Å². The summed E-state index contributed by atoms with van der Waals surface area (Å²) in [6, 6.07) is 3.67. The number of carbonyl (C=O) groups excluding carboxylic acids is 1. The van der Waals surface area contributed by atoms with E-state index in [9.17, 15) is 13.2 Å². The Morgan fingerprint density at radius 2 is 2.25 bits per heavy atom. The molecule has 2 N–H and O–H groups in total. The molecule has 0 saturated heterocycles. The zero-order valence-corrected chi connectivity index (χ0v) is 11.8. The van der Waals surface area contributed by atoms with Gasteiger partial charge in [-0.3, -0.25) is 9.87 Å². The smallest absolute Gasteiger partial charge is 0.413 e. The molecule has 0 unspecified atom stereocenters. The Morgan fingerprint density at radius 3 is 2.85 bits per heavy atom. The van der Waals surface area contributed by atoms with Crippen LogP contribution in [0.2, 0.25) is 0 Å². The van der Waals surface area contributed by atoms with Crippen LogP contribution in [0.25, 0.3) is 11.0 Å². The minimum absolute atomic E-state index is 0.0207. The highest BCUT2D eigenvalue weighted by atomic mass is 35.5. The van der Waals surface area contributed by atoms with Crippen molar-refractivity contribution in [3.05, 3.63) is 18.2 Å². The second kappa shape index (κ2) is 5.27. The zero-order chi connectivity index (χ0) is 14.9. The van der Waals surface area contributed by atoms with E-state index in [1.807, 2.05) is 0 Å². The van der Waals surface area contributed by atoms with Crippen LogP contribution in [0.3, 0.4) is 0 Å². The molecule has 0 atom stereocenters. The molecular weight excluding hydrogens is 310 g/mol. The van der Waals surface area contributed by atoms with E-state index in [1.54, 1.807) is 6.92 Å². The molecule has 0 spiro atoms. The largest absolute Gasteiger partial charge is 0.450 e. The molecule has 1 heterocycles. The molecule has 2 aromatic rings. The van der Waals surface area contributed by atoms with Crippen molar-refractivity contribution in [2.45, 2.75) is 11.8 Å². The molecule has 0 radical (unpaired) electrons. The number of aromatic nitrogens is 2. The minimum atomic E-state index is -4.33. The van der Waals surface area contributed by atoms with E-state index in [2.05, 4.69) is 15.0 Å². The van der Waals surface area contributed by atoms with E-state index in [0.717, 1.165) is 10.2 Å². The molecule has 10 heteroatoms. The van der Waals surface area contributed by atoms with E-state index in [-0.39, 0.29) is 23.0 Å². The Balaban J connectivity index is 2.44. The third kappa shape index (κ3) is 2.84. The first-order valence-electron chi connectivity index (χ1n) is 5.43. The van der Waals surface area contributed by atoms with Crippen molar-refractivity contribution in [1.29, 1.82) is 0 Å². The molecule has 0 aliphatic heterocycles. The molecule has 1 aromatic carbocycles. The fourth-order valence-electron chi connectivity index (χ4n) is 1.53. The third-order valence-electron chi connectivity index (χ3n) is 2.36. The number of anilines is 1. The predicted octanol–water partition coefficient (Wildman–Crippen LogP) is 1.85. The van der Waals surface area contributed by atoms with Gasteiger partial charge in [-0.15, -0.1) is 0 Å². The lowest BCUT2D eigenvalue weighted by Gasteiger charge is -2.02. The molecule has 0 aliphatic carbocycles. The number of hydrogen-bond acceptors (Lipinski definition) is 5. The van der Waals surface area contributed by atoms with Gasteiger partial charge in [-0.1, -0.05) is 0 Å². The number of nitrogens with zero attached hydrogens (tertiary/aromatic N) is 2. The molecule has 0 saturated carbocycles. The van der Waals surface area contributed by atoms with Gasteiger partial charge >= 0.3 is 6.09 Å². The monoisotopic (exact) mass is 319 g/mol. The number of imidazole rings is 1. The van der Waals surface area contributed by atoms with Crippen molar-refractivity contribution in [1.82, 2.24) is 9.07 Å². The van der Waals surface area contributed by atoms with Crippen molar-refractivity contribution in [2.24, 2.45) is 0 Å². The highest BCUT2D eigenvalue weighted by Crippen LogP contribution is 2.24. The van der Waals surface area contributed by atoms with Crippen LogP contribution in [0.1, 0.15) is 6.92 Å². The number of hydrogen-bond donors (Lipinski definition) is 2. The number of amides is 1. The molecular formula is C10H10ClN3O5S. The van der Waals surface area contributed by atoms with E-state index >= 15 is 0 Å². The van der Waals surface area contributed by atoms with Gasteiger partial charge in [-0.25, -0.2) is 13.9 Å². The lowest BCUT2D eigenvalue weighted by Crippen LogP contribution is -2.15. The maximum absolute atomic E-state index is 11.3. The van der Waals surface area contributed by atoms with Gasteiger partial charge in [0.2, 0.25) is 5.95 Å². The molecule has 2 rings (SSSR count). The highest BCUT2D eigenvalue weighted by Gasteiger charge is 2.16. The molecule has 108 valence electrons. The van der Waals surface area contributed by atoms with Gasteiger partial charge < -0.3 is 4.74 Å². The first kappa shape index (κ1) is 14.6. The summed E-state index contributed by atoms with van der Waals surface area (Å²) in [5, 5.41) is 2.31. The number of carbonyl (C=O) groups is 1. The predicted molar refractivity (Wildman–Crippen MR) is 71.4 cm³/mol. The number of fused-ring (bicyclic) bond motifs is 1. The lowest BCUT2D eigenvalue weighted by atomic mass is 10.3. The summed E-state index contributed by atoms with van der Waals surface area (Å²) in [4.78, 5) is 14.9. The second-order valence-corrected chi connectivity index (χ2v) is 5.45. The van der Waals surface area contributed by atoms with Gasteiger partial charge in [0.15, 0.2) is 0 Å². The lowest BCUT2D eigenvalue weighted by molar-refractivity contribution is 0.167. The first-order valence-corrected chi connectivity index (χ1v) is 7.20. The topological polar surface area (TPSA) is 111 Å². The van der Waals surface area contributed by atoms with Crippen LogP contribution in [0.15, 0.2) is 23.1 Å². The van der Waals surface area contributed by atoms with Gasteiger partial charge in [0, 0.05) is 11.8 Å². The van der Waals surface area contributed by atoms with Crippen LogP contribution in [0.5, 0.6) is 0 Å². The summed E-state index contributed by atoms with van der Waals surface area (Å²) >= 11 is 5.94. The molecule has 8 nitrogen and oxygen atoms in total. The normalized spacial score (nSPS) is 11.6. The summed E-state index contributed by atoms with van der Waals surface area (Å²) in [5.41, 5.74) is 0.563. The van der Waals surface area contributed by atoms with Gasteiger partial charge in [0.1, 0.15) is 0 Å².